The van der Waals surface area contributed by atoms with Crippen LogP contribution in [0.3, 0.4) is 0 Å². The normalized spacial score (nSPS) is 19.6. The summed E-state index contributed by atoms with van der Waals surface area (Å²) in [5.41, 5.74) is 19.9. The van der Waals surface area contributed by atoms with Gasteiger partial charge < -0.3 is 14.5 Å². The van der Waals surface area contributed by atoms with E-state index in [-0.39, 0.29) is 18.2 Å². The average molecular weight is 902 g/mol. The molecular formula is C65H51N5. The van der Waals surface area contributed by atoms with Gasteiger partial charge in [-0.1, -0.05) is 158 Å². The molecule has 70 heavy (non-hydrogen) atoms. The molecule has 0 radical (unpaired) electrons. The summed E-state index contributed by atoms with van der Waals surface area (Å²) in [4.78, 5) is 5.48. The van der Waals surface area contributed by atoms with E-state index in [1.165, 1.54) is 110 Å². The standard InChI is InChI=1S/C65H51N5/c1-2-16-43(17-3-1)63-66-64(45-29-28-42-27-26-40-14-4-6-18-48(40)56(42)37-45)68-65(67-63)55-34-35-60(51-21-9-8-20-50(51)55)70-59-25-13-11-23-53(59)57-38-46-36-47(32-30-44(46)39-61(57)70)69-58-24-12-10-22-52(58)54-33-31-41-15-5-7-19-49(41)62(54)69/h1-9,11-12,14-21,23-24,28-35,37-39,46,63-64,66H,10,13,22,25-27,36H2,(H,67,68). The predicted molar refractivity (Wildman–Crippen MR) is 290 cm³/mol. The van der Waals surface area contributed by atoms with Crippen LogP contribution in [0.5, 0.6) is 0 Å². The Bertz CT molecular complexity index is 4000. The van der Waals surface area contributed by atoms with Gasteiger partial charge in [0.05, 0.1) is 16.6 Å². The van der Waals surface area contributed by atoms with Gasteiger partial charge in [-0.15, -0.1) is 0 Å². The number of aromatic nitrogens is 2. The van der Waals surface area contributed by atoms with Crippen LogP contribution < -0.4 is 21.2 Å². The number of nitrogens with one attached hydrogen (secondary N) is 2. The van der Waals surface area contributed by atoms with Crippen molar-refractivity contribution in [1.82, 2.24) is 19.8 Å². The number of rotatable bonds is 5. The van der Waals surface area contributed by atoms with E-state index in [4.69, 9.17) is 4.99 Å². The first-order valence-electron chi connectivity index (χ1n) is 25.4. The van der Waals surface area contributed by atoms with Crippen molar-refractivity contribution in [2.75, 3.05) is 0 Å². The zero-order valence-electron chi connectivity index (χ0n) is 39.0. The molecule has 7 aromatic carbocycles. The van der Waals surface area contributed by atoms with Crippen LogP contribution in [0, 0.1) is 5.92 Å². The van der Waals surface area contributed by atoms with E-state index in [0.29, 0.717) is 0 Å². The predicted octanol–water partition coefficient (Wildman–Crippen LogP) is 12.8. The molecule has 0 spiro atoms. The second kappa shape index (κ2) is 15.8. The lowest BCUT2D eigenvalue weighted by Crippen LogP contribution is -2.45. The molecule has 6 aliphatic rings. The molecule has 0 bridgehead atoms. The molecule has 0 amide bonds. The number of allylic oxidation sites excluding steroid dienone is 6. The Hall–Kier alpha value is -7.99. The smallest absolute Gasteiger partial charge is 0.132 e. The number of aliphatic imine (C=N–C) groups is 1. The molecule has 3 atom stereocenters. The molecule has 9 aromatic rings. The van der Waals surface area contributed by atoms with Crippen LogP contribution in [-0.2, 0) is 25.7 Å². The third-order valence-electron chi connectivity index (χ3n) is 16.2. The second-order valence-corrected chi connectivity index (χ2v) is 20.0. The van der Waals surface area contributed by atoms with Crippen molar-refractivity contribution < 1.29 is 0 Å². The first-order chi connectivity index (χ1) is 34.7. The minimum absolute atomic E-state index is 0.153. The molecule has 3 unspecified atom stereocenters. The van der Waals surface area contributed by atoms with Gasteiger partial charge in [0.15, 0.2) is 0 Å². The van der Waals surface area contributed by atoms with Gasteiger partial charge in [0, 0.05) is 55.5 Å². The Kier molecular flexibility index (Phi) is 9.00. The highest BCUT2D eigenvalue weighted by molar-refractivity contribution is 6.12. The van der Waals surface area contributed by atoms with Gasteiger partial charge >= 0.3 is 0 Å². The molecule has 5 nitrogen and oxygen atoms in total. The van der Waals surface area contributed by atoms with E-state index in [2.05, 4.69) is 214 Å². The third-order valence-corrected chi connectivity index (χ3v) is 16.2. The largest absolute Gasteiger partial charge is 0.350 e. The first-order valence-corrected chi connectivity index (χ1v) is 25.4. The van der Waals surface area contributed by atoms with Crippen molar-refractivity contribution in [3.63, 3.8) is 0 Å². The summed E-state index contributed by atoms with van der Waals surface area (Å²) in [7, 11) is 0. The topological polar surface area (TPSA) is 46.3 Å². The maximum Gasteiger partial charge on any atom is 0.132 e. The maximum absolute atomic E-state index is 5.48. The molecule has 15 rings (SSSR count). The molecule has 2 aromatic heterocycles. The first kappa shape index (κ1) is 40.0. The van der Waals surface area contributed by atoms with Crippen LogP contribution >= 0.6 is 0 Å². The van der Waals surface area contributed by atoms with Crippen molar-refractivity contribution in [2.24, 2.45) is 10.9 Å². The van der Waals surface area contributed by atoms with Crippen molar-refractivity contribution >= 4 is 68.3 Å². The lowest BCUT2D eigenvalue weighted by molar-refractivity contribution is 0.409. The zero-order valence-corrected chi connectivity index (χ0v) is 39.0. The highest BCUT2D eigenvalue weighted by Crippen LogP contribution is 2.42. The van der Waals surface area contributed by atoms with Crippen LogP contribution in [0.4, 0.5) is 0 Å². The highest BCUT2D eigenvalue weighted by atomic mass is 15.3. The summed E-state index contributed by atoms with van der Waals surface area (Å²) in [5, 5.41) is 16.9. The SMILES string of the molecule is C1=Cc2c(c3ccc4ccccc4c3n2C2=CC=C3C=c4c(c5c(n4-c4ccc(C6=NC(c7ccccc7)NC(c7ccc8c(c7)-c7ccccc7CC8)N6)c6ccccc46)CCC=C5)=CC3C2)CC1. The van der Waals surface area contributed by atoms with Crippen LogP contribution in [-0.4, -0.2) is 15.0 Å². The highest BCUT2D eigenvalue weighted by Gasteiger charge is 2.31. The minimum atomic E-state index is -0.228. The lowest BCUT2D eigenvalue weighted by atomic mass is 9.84. The number of aryl methyl sites for hydroxylation is 3. The Morgan fingerprint density at radius 1 is 0.586 bits per heavy atom. The molecule has 0 fully saturated rings. The molecule has 336 valence electrons. The van der Waals surface area contributed by atoms with Gasteiger partial charge in [-0.25, -0.2) is 4.99 Å². The number of nitrogens with zero attached hydrogens (tertiary/aromatic N) is 3. The van der Waals surface area contributed by atoms with Crippen molar-refractivity contribution in [2.45, 2.75) is 57.3 Å². The fraction of sp³-hybridized carbons (Fsp3) is 0.154. The summed E-state index contributed by atoms with van der Waals surface area (Å²) < 4.78 is 5.20. The fourth-order valence-electron chi connectivity index (χ4n) is 12.9. The number of hydrogen-bond acceptors (Lipinski definition) is 3. The van der Waals surface area contributed by atoms with Gasteiger partial charge in [0.25, 0.3) is 0 Å². The molecule has 3 heterocycles. The summed E-state index contributed by atoms with van der Waals surface area (Å²) in [5.74, 6) is 1.17. The van der Waals surface area contributed by atoms with Crippen LogP contribution in [0.25, 0.3) is 79.3 Å². The van der Waals surface area contributed by atoms with Crippen molar-refractivity contribution in [1.29, 1.82) is 0 Å². The molecule has 0 saturated heterocycles. The van der Waals surface area contributed by atoms with Crippen molar-refractivity contribution in [3.05, 3.63) is 236 Å². The zero-order chi connectivity index (χ0) is 45.9. The third kappa shape index (κ3) is 6.17. The number of hydrogen-bond donors (Lipinski definition) is 2. The van der Waals surface area contributed by atoms with Gasteiger partial charge in [0.2, 0.25) is 0 Å². The quantitative estimate of drug-likeness (QED) is 0.181. The maximum atomic E-state index is 5.48. The molecular weight excluding hydrogens is 851 g/mol. The van der Waals surface area contributed by atoms with Crippen LogP contribution in [0.15, 0.2) is 180 Å². The number of fused-ring (bicyclic) bond motifs is 13. The monoisotopic (exact) mass is 901 g/mol. The number of amidine groups is 1. The summed E-state index contributed by atoms with van der Waals surface area (Å²) in [6.07, 6.45) is 26.3. The number of benzene rings is 7. The Morgan fingerprint density at radius 3 is 2.31 bits per heavy atom. The van der Waals surface area contributed by atoms with E-state index in [9.17, 15) is 0 Å². The van der Waals surface area contributed by atoms with Crippen LogP contribution in [0.2, 0.25) is 0 Å². The molecule has 5 aliphatic carbocycles. The minimum Gasteiger partial charge on any atom is -0.350 e. The van der Waals surface area contributed by atoms with E-state index in [0.717, 1.165) is 61.9 Å². The van der Waals surface area contributed by atoms with Gasteiger partial charge in [-0.3, -0.25) is 5.32 Å². The Labute approximate surface area is 407 Å². The van der Waals surface area contributed by atoms with Gasteiger partial charge in [-0.05, 0) is 137 Å². The summed E-state index contributed by atoms with van der Waals surface area (Å²) >= 11 is 0. The summed E-state index contributed by atoms with van der Waals surface area (Å²) in [6.45, 7) is 0. The van der Waals surface area contributed by atoms with E-state index in [1.807, 2.05) is 0 Å². The van der Waals surface area contributed by atoms with E-state index in [1.54, 1.807) is 0 Å². The lowest BCUT2D eigenvalue weighted by Gasteiger charge is -2.33. The van der Waals surface area contributed by atoms with Crippen molar-refractivity contribution in [3.8, 4) is 16.8 Å². The Balaban J connectivity index is 0.853. The molecule has 1 aliphatic heterocycles. The molecule has 5 heteroatoms. The van der Waals surface area contributed by atoms with Crippen LogP contribution in [0.1, 0.15) is 81.9 Å². The molecule has 2 N–H and O–H groups in total. The van der Waals surface area contributed by atoms with Gasteiger partial charge in [-0.2, -0.15) is 0 Å². The summed E-state index contributed by atoms with van der Waals surface area (Å²) in [6, 6.07) is 53.9. The van der Waals surface area contributed by atoms with E-state index < -0.39 is 0 Å². The average Bonchev–Trinajstić information content (AvgIpc) is 3.94. The Morgan fingerprint density at radius 2 is 1.39 bits per heavy atom. The molecule has 0 saturated carbocycles. The van der Waals surface area contributed by atoms with Gasteiger partial charge in [0.1, 0.15) is 18.2 Å². The van der Waals surface area contributed by atoms with E-state index >= 15 is 0 Å². The second-order valence-electron chi connectivity index (χ2n) is 20.0. The fourth-order valence-corrected chi connectivity index (χ4v) is 12.9.